The van der Waals surface area contributed by atoms with E-state index in [2.05, 4.69) is 30.3 Å². The van der Waals surface area contributed by atoms with Gasteiger partial charge in [-0.05, 0) is 26.0 Å². The molecule has 0 radical (unpaired) electrons. The van der Waals surface area contributed by atoms with Crippen molar-refractivity contribution in [1.29, 1.82) is 0 Å². The van der Waals surface area contributed by atoms with Gasteiger partial charge in [-0.15, -0.1) is 0 Å². The van der Waals surface area contributed by atoms with E-state index in [9.17, 15) is 0 Å². The van der Waals surface area contributed by atoms with Gasteiger partial charge in [0.1, 0.15) is 35.1 Å². The van der Waals surface area contributed by atoms with E-state index in [1.165, 1.54) is 0 Å². The molecule has 0 unspecified atom stereocenters. The van der Waals surface area contributed by atoms with Gasteiger partial charge in [-0.3, -0.25) is 0 Å². The van der Waals surface area contributed by atoms with Gasteiger partial charge < -0.3 is 24.2 Å². The zero-order chi connectivity index (χ0) is 19.1. The second-order valence-electron chi connectivity index (χ2n) is 7.25. The third kappa shape index (κ3) is 3.16. The van der Waals surface area contributed by atoms with Crippen molar-refractivity contribution in [2.24, 2.45) is 0 Å². The minimum atomic E-state index is -0.0129. The second-order valence-corrected chi connectivity index (χ2v) is 7.25. The lowest BCUT2D eigenvalue weighted by atomic mass is 10.3. The number of pyridine rings is 1. The Balaban J connectivity index is 1.31. The Labute approximate surface area is 162 Å². The van der Waals surface area contributed by atoms with Crippen LogP contribution in [0.4, 0.5) is 11.6 Å². The van der Waals surface area contributed by atoms with E-state index in [1.807, 2.05) is 32.0 Å². The summed E-state index contributed by atoms with van der Waals surface area (Å²) in [5, 5.41) is 8.27. The summed E-state index contributed by atoms with van der Waals surface area (Å²) in [6, 6.07) is 5.87. The summed E-state index contributed by atoms with van der Waals surface area (Å²) < 4.78 is 17.7. The van der Waals surface area contributed by atoms with E-state index in [-0.39, 0.29) is 18.2 Å². The lowest BCUT2D eigenvalue weighted by molar-refractivity contribution is -0.00461. The van der Waals surface area contributed by atoms with Gasteiger partial charge in [0, 0.05) is 19.3 Å². The predicted octanol–water partition coefficient (Wildman–Crippen LogP) is 1.71. The van der Waals surface area contributed by atoms with Gasteiger partial charge in [-0.2, -0.15) is 4.98 Å². The van der Waals surface area contributed by atoms with Crippen LogP contribution in [0.2, 0.25) is 0 Å². The second kappa shape index (κ2) is 6.99. The molecule has 0 saturated carbocycles. The van der Waals surface area contributed by atoms with E-state index in [4.69, 9.17) is 14.0 Å². The molecule has 5 heterocycles. The van der Waals surface area contributed by atoms with Crippen LogP contribution in [-0.2, 0) is 9.47 Å². The zero-order valence-corrected chi connectivity index (χ0v) is 15.8. The van der Waals surface area contributed by atoms with Crippen molar-refractivity contribution in [2.75, 3.05) is 36.5 Å². The molecule has 9 heteroatoms. The number of ether oxygens (including phenoxy) is 2. The molecule has 2 saturated heterocycles. The highest BCUT2D eigenvalue weighted by molar-refractivity contribution is 5.88. The molecule has 3 aromatic heterocycles. The summed E-state index contributed by atoms with van der Waals surface area (Å²) in [4.78, 5) is 15.5. The summed E-state index contributed by atoms with van der Waals surface area (Å²) >= 11 is 0. The van der Waals surface area contributed by atoms with Crippen LogP contribution < -0.4 is 10.2 Å². The normalized spacial score (nSPS) is 23.0. The maximum atomic E-state index is 6.18. The van der Waals surface area contributed by atoms with Gasteiger partial charge in [0.25, 0.3) is 5.71 Å². The molecule has 2 fully saturated rings. The Morgan fingerprint density at radius 2 is 1.86 bits per heavy atom. The van der Waals surface area contributed by atoms with Crippen LogP contribution in [0.15, 0.2) is 28.9 Å². The molecule has 0 aromatic carbocycles. The molecule has 5 rings (SSSR count). The number of aryl methyl sites for hydroxylation is 2. The Morgan fingerprint density at radius 1 is 1.07 bits per heavy atom. The minimum absolute atomic E-state index is 0.0129. The molecule has 0 aliphatic carbocycles. The standard InChI is InChI=1S/C19H22N6O3/c1-11-17-18(21-12(2)22-19(17)28-24-11)25-7-14-15(8-25)27-10-13(9-26-14)23-16-5-3-4-6-20-16/h3-6,13-15H,7-10H2,1-2H3,(H,20,23)/t14-,15-/m0/s1. The van der Waals surface area contributed by atoms with Crippen LogP contribution in [0, 0.1) is 13.8 Å². The van der Waals surface area contributed by atoms with Crippen LogP contribution in [0.3, 0.4) is 0 Å². The van der Waals surface area contributed by atoms with Gasteiger partial charge in [-0.25, -0.2) is 9.97 Å². The number of fused-ring (bicyclic) bond motifs is 2. The molecule has 3 aromatic rings. The fraction of sp³-hybridized carbons (Fsp3) is 0.474. The number of nitrogens with zero attached hydrogens (tertiary/aromatic N) is 5. The molecule has 2 aliphatic heterocycles. The molecule has 2 atom stereocenters. The molecular formula is C19H22N6O3. The van der Waals surface area contributed by atoms with Gasteiger partial charge in [0.15, 0.2) is 0 Å². The maximum Gasteiger partial charge on any atom is 0.263 e. The van der Waals surface area contributed by atoms with Crippen molar-refractivity contribution >= 4 is 22.7 Å². The number of hydrogen-bond acceptors (Lipinski definition) is 9. The Morgan fingerprint density at radius 3 is 2.57 bits per heavy atom. The van der Waals surface area contributed by atoms with E-state index >= 15 is 0 Å². The van der Waals surface area contributed by atoms with E-state index in [0.29, 0.717) is 37.8 Å². The van der Waals surface area contributed by atoms with Crippen LogP contribution in [0.25, 0.3) is 11.1 Å². The lowest BCUT2D eigenvalue weighted by Gasteiger charge is -2.20. The predicted molar refractivity (Wildman–Crippen MR) is 102 cm³/mol. The van der Waals surface area contributed by atoms with Gasteiger partial charge in [0.2, 0.25) is 0 Å². The number of hydrogen-bond donors (Lipinski definition) is 1. The summed E-state index contributed by atoms with van der Waals surface area (Å²) in [5.74, 6) is 2.33. The fourth-order valence-corrected chi connectivity index (χ4v) is 3.81. The van der Waals surface area contributed by atoms with E-state index in [0.717, 1.165) is 22.7 Å². The highest BCUT2D eigenvalue weighted by Gasteiger charge is 2.39. The van der Waals surface area contributed by atoms with Crippen molar-refractivity contribution in [2.45, 2.75) is 32.1 Å². The SMILES string of the molecule is Cc1nc(N2C[C@@H]3OCC(Nc4ccccn4)CO[C@H]3C2)c2c(C)noc2n1. The molecule has 146 valence electrons. The average Bonchev–Trinajstić information content (AvgIpc) is 3.22. The Kier molecular flexibility index (Phi) is 4.33. The van der Waals surface area contributed by atoms with E-state index < -0.39 is 0 Å². The summed E-state index contributed by atoms with van der Waals surface area (Å²) in [7, 11) is 0. The quantitative estimate of drug-likeness (QED) is 0.726. The van der Waals surface area contributed by atoms with Crippen molar-refractivity contribution in [3.63, 3.8) is 0 Å². The first kappa shape index (κ1) is 17.3. The third-order valence-electron chi connectivity index (χ3n) is 5.15. The summed E-state index contributed by atoms with van der Waals surface area (Å²) in [5.41, 5.74) is 1.31. The summed E-state index contributed by atoms with van der Waals surface area (Å²) in [6.07, 6.45) is 1.74. The molecule has 9 nitrogen and oxygen atoms in total. The minimum Gasteiger partial charge on any atom is -0.371 e. The first-order valence-corrected chi connectivity index (χ1v) is 9.44. The van der Waals surface area contributed by atoms with Crippen LogP contribution in [0.1, 0.15) is 11.5 Å². The zero-order valence-electron chi connectivity index (χ0n) is 15.8. The topological polar surface area (TPSA) is 98.4 Å². The molecule has 0 bridgehead atoms. The van der Waals surface area contributed by atoms with Crippen LogP contribution in [-0.4, -0.2) is 64.7 Å². The molecule has 0 spiro atoms. The molecule has 2 aliphatic rings. The molecule has 1 N–H and O–H groups in total. The van der Waals surface area contributed by atoms with Gasteiger partial charge >= 0.3 is 0 Å². The van der Waals surface area contributed by atoms with Crippen LogP contribution in [0.5, 0.6) is 0 Å². The van der Waals surface area contributed by atoms with Gasteiger partial charge in [0.05, 0.1) is 24.9 Å². The number of nitrogens with one attached hydrogen (secondary N) is 1. The monoisotopic (exact) mass is 382 g/mol. The highest BCUT2D eigenvalue weighted by atomic mass is 16.6. The van der Waals surface area contributed by atoms with Crippen molar-refractivity contribution in [3.05, 3.63) is 35.9 Å². The van der Waals surface area contributed by atoms with Crippen LogP contribution >= 0.6 is 0 Å². The maximum absolute atomic E-state index is 6.18. The average molecular weight is 382 g/mol. The molecular weight excluding hydrogens is 360 g/mol. The van der Waals surface area contributed by atoms with Crippen molar-refractivity contribution in [1.82, 2.24) is 20.1 Å². The van der Waals surface area contributed by atoms with Crippen molar-refractivity contribution < 1.29 is 14.0 Å². The Hall–Kier alpha value is -2.78. The summed E-state index contributed by atoms with van der Waals surface area (Å²) in [6.45, 7) is 6.30. The van der Waals surface area contributed by atoms with Crippen molar-refractivity contribution in [3.8, 4) is 0 Å². The highest BCUT2D eigenvalue weighted by Crippen LogP contribution is 2.31. The lowest BCUT2D eigenvalue weighted by Crippen LogP contribution is -2.31. The molecule has 28 heavy (non-hydrogen) atoms. The fourth-order valence-electron chi connectivity index (χ4n) is 3.81. The first-order valence-electron chi connectivity index (χ1n) is 9.44. The Bertz CT molecular complexity index is 962. The molecule has 0 amide bonds. The van der Waals surface area contributed by atoms with E-state index in [1.54, 1.807) is 6.20 Å². The smallest absolute Gasteiger partial charge is 0.263 e. The first-order chi connectivity index (χ1) is 13.7. The third-order valence-corrected chi connectivity index (χ3v) is 5.15. The number of rotatable bonds is 3. The number of anilines is 2. The largest absolute Gasteiger partial charge is 0.371 e. The van der Waals surface area contributed by atoms with Gasteiger partial charge in [-0.1, -0.05) is 11.2 Å². The number of aromatic nitrogens is 4.